The molecule has 1 saturated heterocycles. The van der Waals surface area contributed by atoms with Crippen LogP contribution in [0.25, 0.3) is 10.9 Å². The molecule has 1 N–H and O–H groups in total. The number of nitrogens with one attached hydrogen (secondary N) is 1. The van der Waals surface area contributed by atoms with Crippen molar-refractivity contribution in [1.29, 1.82) is 0 Å². The molecule has 0 aliphatic carbocycles. The number of piperazine rings is 1. The van der Waals surface area contributed by atoms with Crippen LogP contribution in [0.5, 0.6) is 5.75 Å². The largest absolute Gasteiger partial charge is 0.497 e. The van der Waals surface area contributed by atoms with Gasteiger partial charge in [0, 0.05) is 48.3 Å². The van der Waals surface area contributed by atoms with E-state index in [1.165, 1.54) is 16.8 Å². The number of aromatic nitrogens is 5. The molecule has 2 aromatic heterocycles. The van der Waals surface area contributed by atoms with Gasteiger partial charge in [-0.1, -0.05) is 19.1 Å². The molecule has 5 rings (SSSR count). The summed E-state index contributed by atoms with van der Waals surface area (Å²) in [6.45, 7) is 13.9. The molecule has 9 nitrogen and oxygen atoms in total. The molecule has 0 saturated carbocycles. The van der Waals surface area contributed by atoms with E-state index in [2.05, 4.69) is 83.1 Å². The minimum atomic E-state index is -0.393. The Balaban J connectivity index is 1.57. The summed E-state index contributed by atoms with van der Waals surface area (Å²) >= 11 is 0. The molecule has 0 amide bonds. The Bertz CT molecular complexity index is 1500. The van der Waals surface area contributed by atoms with Gasteiger partial charge < -0.3 is 14.6 Å². The Kier molecular flexibility index (Phi) is 6.96. The van der Waals surface area contributed by atoms with Gasteiger partial charge in [-0.2, -0.15) is 0 Å². The summed E-state index contributed by atoms with van der Waals surface area (Å²) < 4.78 is 7.34. The maximum absolute atomic E-state index is 13.6. The van der Waals surface area contributed by atoms with Crippen LogP contribution in [0, 0.1) is 13.8 Å². The van der Waals surface area contributed by atoms with Crippen molar-refractivity contribution < 1.29 is 4.74 Å². The number of H-pyrrole nitrogens is 1. The van der Waals surface area contributed by atoms with Gasteiger partial charge in [-0.15, -0.1) is 5.10 Å². The van der Waals surface area contributed by atoms with Gasteiger partial charge in [-0.25, -0.2) is 4.68 Å². The van der Waals surface area contributed by atoms with E-state index in [0.717, 1.165) is 49.3 Å². The highest BCUT2D eigenvalue weighted by atomic mass is 16.5. The van der Waals surface area contributed by atoms with Crippen molar-refractivity contribution in [3.8, 4) is 5.75 Å². The van der Waals surface area contributed by atoms with Crippen molar-refractivity contribution in [1.82, 2.24) is 30.1 Å². The summed E-state index contributed by atoms with van der Waals surface area (Å²) in [5.74, 6) is 1.43. The summed E-state index contributed by atoms with van der Waals surface area (Å²) in [4.78, 5) is 21.4. The Morgan fingerprint density at radius 3 is 2.55 bits per heavy atom. The van der Waals surface area contributed by atoms with Crippen LogP contribution in [0.2, 0.25) is 0 Å². The van der Waals surface area contributed by atoms with Crippen LogP contribution in [0.1, 0.15) is 55.7 Å². The fourth-order valence-electron chi connectivity index (χ4n) is 5.28. The third kappa shape index (κ3) is 4.67. The Morgan fingerprint density at radius 1 is 1.08 bits per heavy atom. The molecular formula is C29H37N7O2. The van der Waals surface area contributed by atoms with E-state index >= 15 is 0 Å². The van der Waals surface area contributed by atoms with Gasteiger partial charge in [0.15, 0.2) is 5.82 Å². The number of aromatic amines is 1. The maximum atomic E-state index is 13.6. The zero-order valence-corrected chi connectivity index (χ0v) is 23.2. The normalized spacial score (nSPS) is 15.7. The second kappa shape index (κ2) is 10.2. The van der Waals surface area contributed by atoms with Crippen molar-refractivity contribution in [3.63, 3.8) is 0 Å². The first kappa shape index (κ1) is 25.9. The predicted octanol–water partition coefficient (Wildman–Crippen LogP) is 4.20. The first-order valence-electron chi connectivity index (χ1n) is 13.3. The summed E-state index contributed by atoms with van der Waals surface area (Å²) in [6, 6.07) is 13.7. The Labute approximate surface area is 223 Å². The third-order valence-electron chi connectivity index (χ3n) is 8.15. The standard InChI is InChI=1S/C29H37N7O2/c1-7-29(4,5)36-27(31-32-33-36)26(23-18-21-17-22(38-6)11-12-24(21)30-28(23)37)35-15-13-34(14-16-35)25-10-8-9-19(2)20(25)3/h8-12,17-18,26H,7,13-16H2,1-6H3,(H,30,37)/t26-/m0/s1. The number of fused-ring (bicyclic) bond motifs is 1. The van der Waals surface area contributed by atoms with Crippen molar-refractivity contribution in [3.05, 3.63) is 75.3 Å². The van der Waals surface area contributed by atoms with E-state index < -0.39 is 6.04 Å². The van der Waals surface area contributed by atoms with E-state index in [4.69, 9.17) is 4.74 Å². The van der Waals surface area contributed by atoms with E-state index in [1.54, 1.807) is 7.11 Å². The van der Waals surface area contributed by atoms with Crippen LogP contribution in [0.4, 0.5) is 5.69 Å². The number of benzene rings is 2. The fraction of sp³-hybridized carbons (Fsp3) is 0.448. The molecule has 9 heteroatoms. The number of methoxy groups -OCH3 is 1. The van der Waals surface area contributed by atoms with Crippen LogP contribution in [-0.2, 0) is 5.54 Å². The van der Waals surface area contributed by atoms with Crippen LogP contribution in [-0.4, -0.2) is 63.4 Å². The van der Waals surface area contributed by atoms with Gasteiger partial charge in [0.2, 0.25) is 0 Å². The summed E-state index contributed by atoms with van der Waals surface area (Å²) in [7, 11) is 1.65. The first-order valence-corrected chi connectivity index (χ1v) is 13.3. The highest BCUT2D eigenvalue weighted by Crippen LogP contribution is 2.33. The van der Waals surface area contributed by atoms with Crippen LogP contribution < -0.4 is 15.2 Å². The molecule has 1 aliphatic heterocycles. The smallest absolute Gasteiger partial charge is 0.253 e. The zero-order chi connectivity index (χ0) is 27.0. The second-order valence-electron chi connectivity index (χ2n) is 10.8. The lowest BCUT2D eigenvalue weighted by Crippen LogP contribution is -2.49. The Hall–Kier alpha value is -3.72. The molecule has 200 valence electrons. The average molecular weight is 516 g/mol. The second-order valence-corrected chi connectivity index (χ2v) is 10.8. The lowest BCUT2D eigenvalue weighted by Gasteiger charge is -2.40. The third-order valence-corrected chi connectivity index (χ3v) is 8.15. The highest BCUT2D eigenvalue weighted by molar-refractivity contribution is 5.80. The van der Waals surface area contributed by atoms with Gasteiger partial charge in [0.05, 0.1) is 12.6 Å². The SMILES string of the molecule is CCC(C)(C)n1nnnc1[C@H](c1cc2cc(OC)ccc2[nH]c1=O)N1CCN(c2cccc(C)c2C)CC1. The summed E-state index contributed by atoms with van der Waals surface area (Å²) in [5.41, 5.74) is 4.85. The molecule has 1 aliphatic rings. The number of tetrazole rings is 1. The number of rotatable bonds is 7. The van der Waals surface area contributed by atoms with Crippen LogP contribution >= 0.6 is 0 Å². The molecule has 0 radical (unpaired) electrons. The van der Waals surface area contributed by atoms with Crippen molar-refractivity contribution in [2.45, 2.75) is 52.6 Å². The van der Waals surface area contributed by atoms with Crippen LogP contribution in [0.3, 0.4) is 0 Å². The van der Waals surface area contributed by atoms with E-state index in [-0.39, 0.29) is 11.1 Å². The zero-order valence-electron chi connectivity index (χ0n) is 23.2. The molecule has 1 atom stereocenters. The maximum Gasteiger partial charge on any atom is 0.253 e. The van der Waals surface area contributed by atoms with E-state index in [1.807, 2.05) is 28.9 Å². The van der Waals surface area contributed by atoms with Crippen molar-refractivity contribution >= 4 is 16.6 Å². The topological polar surface area (TPSA) is 92.2 Å². The summed E-state index contributed by atoms with van der Waals surface area (Å²) in [6.07, 6.45) is 0.851. The molecule has 4 aromatic rings. The molecule has 3 heterocycles. The summed E-state index contributed by atoms with van der Waals surface area (Å²) in [5, 5.41) is 13.9. The number of anilines is 1. The number of hydrogen-bond donors (Lipinski definition) is 1. The van der Waals surface area contributed by atoms with E-state index in [0.29, 0.717) is 11.4 Å². The lowest BCUT2D eigenvalue weighted by molar-refractivity contribution is 0.186. The quantitative estimate of drug-likeness (QED) is 0.394. The lowest BCUT2D eigenvalue weighted by atomic mass is 9.98. The molecule has 1 fully saturated rings. The number of ether oxygens (including phenoxy) is 1. The first-order chi connectivity index (χ1) is 18.2. The van der Waals surface area contributed by atoms with Crippen molar-refractivity contribution in [2.24, 2.45) is 0 Å². The number of aryl methyl sites for hydroxylation is 1. The molecule has 2 aromatic carbocycles. The van der Waals surface area contributed by atoms with Crippen LogP contribution in [0.15, 0.2) is 47.3 Å². The van der Waals surface area contributed by atoms with Gasteiger partial charge in [-0.3, -0.25) is 9.69 Å². The molecular weight excluding hydrogens is 478 g/mol. The monoisotopic (exact) mass is 515 g/mol. The Morgan fingerprint density at radius 2 is 1.84 bits per heavy atom. The fourth-order valence-corrected chi connectivity index (χ4v) is 5.28. The number of nitrogens with zero attached hydrogens (tertiary/aromatic N) is 6. The predicted molar refractivity (Wildman–Crippen MR) is 150 cm³/mol. The van der Waals surface area contributed by atoms with E-state index in [9.17, 15) is 4.79 Å². The van der Waals surface area contributed by atoms with Gasteiger partial charge in [0.1, 0.15) is 11.8 Å². The molecule has 0 spiro atoms. The molecule has 0 unspecified atom stereocenters. The van der Waals surface area contributed by atoms with Gasteiger partial charge in [-0.05, 0) is 86.0 Å². The number of hydrogen-bond acceptors (Lipinski definition) is 7. The number of pyridine rings is 1. The van der Waals surface area contributed by atoms with Gasteiger partial charge >= 0.3 is 0 Å². The minimum Gasteiger partial charge on any atom is -0.497 e. The average Bonchev–Trinajstić information content (AvgIpc) is 3.41. The van der Waals surface area contributed by atoms with Gasteiger partial charge in [0.25, 0.3) is 5.56 Å². The highest BCUT2D eigenvalue weighted by Gasteiger charge is 2.36. The minimum absolute atomic E-state index is 0.131. The molecule has 0 bridgehead atoms. The van der Waals surface area contributed by atoms with Crippen molar-refractivity contribution in [2.75, 3.05) is 38.2 Å². The molecule has 38 heavy (non-hydrogen) atoms.